The number of aromatic nitrogens is 3. The van der Waals surface area contributed by atoms with E-state index in [9.17, 15) is 5.26 Å². The van der Waals surface area contributed by atoms with E-state index in [0.29, 0.717) is 17.5 Å². The standard InChI is InChI=1S/C43H32N4/c1-43(2)38-26-32(24-25-35(38)36-19-11-16-33(27-44)39(36)43)28-20-22-29(23-21-28)34-17-9-10-18-37(34)42-46-40(30-12-5-3-6-13-30)45-41(47-42)31-14-7-4-8-15-31/h3,5-7,9-26H,4,8H2,1-2H3. The highest BCUT2D eigenvalue weighted by molar-refractivity contribution is 5.87. The maximum Gasteiger partial charge on any atom is 0.164 e. The average molecular weight is 605 g/mol. The first-order valence-corrected chi connectivity index (χ1v) is 16.1. The van der Waals surface area contributed by atoms with Crippen LogP contribution in [-0.2, 0) is 5.41 Å². The van der Waals surface area contributed by atoms with Crippen LogP contribution in [0.15, 0.2) is 133 Å². The molecule has 224 valence electrons. The first-order valence-electron chi connectivity index (χ1n) is 16.1. The number of rotatable bonds is 5. The van der Waals surface area contributed by atoms with Gasteiger partial charge in [-0.05, 0) is 69.5 Å². The number of hydrogen-bond acceptors (Lipinski definition) is 4. The SMILES string of the molecule is CC1(C)c2cc(-c3ccc(-c4ccccc4-c4nc(C5=CCCC=C5)nc(-c5ccccc5)n4)cc3)ccc2-c2cccc(C#N)c21. The zero-order chi connectivity index (χ0) is 32.0. The molecule has 5 aromatic carbocycles. The Hall–Kier alpha value is -5.92. The van der Waals surface area contributed by atoms with Crippen molar-refractivity contribution in [2.45, 2.75) is 32.1 Å². The van der Waals surface area contributed by atoms with Crippen molar-refractivity contribution in [2.24, 2.45) is 0 Å². The molecule has 0 saturated heterocycles. The molecule has 0 atom stereocenters. The summed E-state index contributed by atoms with van der Waals surface area (Å²) >= 11 is 0. The smallest absolute Gasteiger partial charge is 0.164 e. The van der Waals surface area contributed by atoms with Crippen LogP contribution in [0.2, 0.25) is 0 Å². The third-order valence-electron chi connectivity index (χ3n) is 9.41. The molecular weight excluding hydrogens is 573 g/mol. The largest absolute Gasteiger partial charge is 0.208 e. The van der Waals surface area contributed by atoms with Crippen LogP contribution in [-0.4, -0.2) is 15.0 Å². The summed E-state index contributed by atoms with van der Waals surface area (Å²) in [6.45, 7) is 4.44. The molecule has 0 saturated carbocycles. The van der Waals surface area contributed by atoms with Gasteiger partial charge in [0.2, 0.25) is 0 Å². The van der Waals surface area contributed by atoms with Gasteiger partial charge in [-0.15, -0.1) is 0 Å². The van der Waals surface area contributed by atoms with E-state index in [2.05, 4.69) is 105 Å². The first-order chi connectivity index (χ1) is 23.0. The molecular formula is C43H32N4. The van der Waals surface area contributed by atoms with E-state index in [4.69, 9.17) is 15.0 Å². The van der Waals surface area contributed by atoms with Gasteiger partial charge in [-0.25, -0.2) is 15.0 Å². The normalized spacial score (nSPS) is 14.2. The highest BCUT2D eigenvalue weighted by atomic mass is 15.0. The Morgan fingerprint density at radius 3 is 2.02 bits per heavy atom. The molecule has 1 heterocycles. The van der Waals surface area contributed by atoms with Crippen LogP contribution in [0, 0.1) is 11.3 Å². The summed E-state index contributed by atoms with van der Waals surface area (Å²) in [5, 5.41) is 9.83. The molecule has 2 aliphatic carbocycles. The number of allylic oxidation sites excluding steroid dienone is 4. The van der Waals surface area contributed by atoms with Crippen molar-refractivity contribution in [3.63, 3.8) is 0 Å². The van der Waals surface area contributed by atoms with Crippen LogP contribution >= 0.6 is 0 Å². The molecule has 4 heteroatoms. The average Bonchev–Trinajstić information content (AvgIpc) is 3.38. The maximum absolute atomic E-state index is 9.83. The molecule has 0 amide bonds. The molecule has 0 spiro atoms. The molecule has 1 aromatic heterocycles. The molecule has 4 nitrogen and oxygen atoms in total. The first kappa shape index (κ1) is 28.5. The highest BCUT2D eigenvalue weighted by Gasteiger charge is 2.37. The summed E-state index contributed by atoms with van der Waals surface area (Å²) in [7, 11) is 0. The molecule has 6 aromatic rings. The van der Waals surface area contributed by atoms with Gasteiger partial charge in [0.05, 0.1) is 11.6 Å². The van der Waals surface area contributed by atoms with Gasteiger partial charge in [-0.3, -0.25) is 0 Å². The van der Waals surface area contributed by atoms with Gasteiger partial charge in [0, 0.05) is 22.1 Å². The van der Waals surface area contributed by atoms with Crippen LogP contribution < -0.4 is 0 Å². The molecule has 47 heavy (non-hydrogen) atoms. The second-order valence-corrected chi connectivity index (χ2v) is 12.7. The Kier molecular flexibility index (Phi) is 6.96. The Labute approximate surface area is 275 Å². The molecule has 0 N–H and O–H groups in total. The topological polar surface area (TPSA) is 62.5 Å². The molecule has 0 aliphatic heterocycles. The fourth-order valence-corrected chi connectivity index (χ4v) is 7.05. The predicted molar refractivity (Wildman–Crippen MR) is 190 cm³/mol. The van der Waals surface area contributed by atoms with E-state index < -0.39 is 0 Å². The summed E-state index contributed by atoms with van der Waals surface area (Å²) in [4.78, 5) is 14.9. The van der Waals surface area contributed by atoms with E-state index in [1.165, 1.54) is 11.1 Å². The lowest BCUT2D eigenvalue weighted by Gasteiger charge is -2.23. The highest BCUT2D eigenvalue weighted by Crippen LogP contribution is 2.51. The zero-order valence-corrected chi connectivity index (χ0v) is 26.4. The minimum absolute atomic E-state index is 0.253. The van der Waals surface area contributed by atoms with Crippen molar-refractivity contribution >= 4 is 5.57 Å². The Morgan fingerprint density at radius 1 is 0.574 bits per heavy atom. The second-order valence-electron chi connectivity index (χ2n) is 12.7. The lowest BCUT2D eigenvalue weighted by molar-refractivity contribution is 0.658. The van der Waals surface area contributed by atoms with E-state index in [1.54, 1.807) is 0 Å². The molecule has 8 rings (SSSR count). The van der Waals surface area contributed by atoms with Gasteiger partial charge in [-0.1, -0.05) is 135 Å². The van der Waals surface area contributed by atoms with Crippen molar-refractivity contribution in [1.82, 2.24) is 15.0 Å². The van der Waals surface area contributed by atoms with E-state index in [0.717, 1.165) is 68.5 Å². The molecule has 0 bridgehead atoms. The van der Waals surface area contributed by atoms with Gasteiger partial charge >= 0.3 is 0 Å². The van der Waals surface area contributed by atoms with Gasteiger partial charge in [0.25, 0.3) is 0 Å². The number of nitrogens with zero attached hydrogens (tertiary/aromatic N) is 4. The van der Waals surface area contributed by atoms with Gasteiger partial charge in [-0.2, -0.15) is 5.26 Å². The summed E-state index contributed by atoms with van der Waals surface area (Å²) in [6.07, 6.45) is 8.51. The van der Waals surface area contributed by atoms with Crippen molar-refractivity contribution in [3.05, 3.63) is 156 Å². The Bertz CT molecular complexity index is 2270. The Balaban J connectivity index is 1.18. The minimum Gasteiger partial charge on any atom is -0.208 e. The van der Waals surface area contributed by atoms with Crippen molar-refractivity contribution in [1.29, 1.82) is 5.26 Å². The van der Waals surface area contributed by atoms with Crippen LogP contribution in [0.4, 0.5) is 0 Å². The third kappa shape index (κ3) is 4.98. The molecule has 2 aliphatic rings. The maximum atomic E-state index is 9.83. The van der Waals surface area contributed by atoms with Crippen LogP contribution in [0.3, 0.4) is 0 Å². The van der Waals surface area contributed by atoms with E-state index >= 15 is 0 Å². The van der Waals surface area contributed by atoms with Crippen LogP contribution in [0.5, 0.6) is 0 Å². The summed E-state index contributed by atoms with van der Waals surface area (Å²) in [5.41, 5.74) is 12.7. The molecule has 0 fully saturated rings. The quantitative estimate of drug-likeness (QED) is 0.196. The Morgan fingerprint density at radius 2 is 1.26 bits per heavy atom. The lowest BCUT2D eigenvalue weighted by Crippen LogP contribution is -2.16. The number of hydrogen-bond donors (Lipinski definition) is 0. The predicted octanol–water partition coefficient (Wildman–Crippen LogP) is 10.5. The van der Waals surface area contributed by atoms with Crippen LogP contribution in [0.1, 0.15) is 49.2 Å². The third-order valence-corrected chi connectivity index (χ3v) is 9.41. The number of fused-ring (bicyclic) bond motifs is 3. The van der Waals surface area contributed by atoms with Crippen molar-refractivity contribution in [3.8, 4) is 62.2 Å². The summed E-state index contributed by atoms with van der Waals surface area (Å²) < 4.78 is 0. The van der Waals surface area contributed by atoms with Gasteiger partial charge < -0.3 is 0 Å². The fourth-order valence-electron chi connectivity index (χ4n) is 7.05. The van der Waals surface area contributed by atoms with E-state index in [1.807, 2.05) is 48.5 Å². The van der Waals surface area contributed by atoms with E-state index in [-0.39, 0.29) is 5.41 Å². The summed E-state index contributed by atoms with van der Waals surface area (Å²) in [6, 6.07) is 42.4. The molecule has 0 radical (unpaired) electrons. The minimum atomic E-state index is -0.253. The fraction of sp³-hybridized carbons (Fsp3) is 0.116. The lowest BCUT2D eigenvalue weighted by atomic mass is 9.79. The number of benzene rings is 5. The van der Waals surface area contributed by atoms with Crippen molar-refractivity contribution < 1.29 is 0 Å². The summed E-state index contributed by atoms with van der Waals surface area (Å²) in [5.74, 6) is 2.02. The van der Waals surface area contributed by atoms with Gasteiger partial charge in [0.15, 0.2) is 17.5 Å². The van der Waals surface area contributed by atoms with Crippen LogP contribution in [0.25, 0.3) is 61.7 Å². The van der Waals surface area contributed by atoms with Gasteiger partial charge in [0.1, 0.15) is 0 Å². The van der Waals surface area contributed by atoms with Crippen molar-refractivity contribution in [2.75, 3.05) is 0 Å². The monoisotopic (exact) mass is 604 g/mol. The number of nitriles is 1. The zero-order valence-electron chi connectivity index (χ0n) is 26.4. The second kappa shape index (κ2) is 11.5. The molecule has 0 unspecified atom stereocenters.